The van der Waals surface area contributed by atoms with E-state index < -0.39 is 23.5 Å². The monoisotopic (exact) mass is 231 g/mol. The zero-order chi connectivity index (χ0) is 12.3. The van der Waals surface area contributed by atoms with Crippen LogP contribution in [0.5, 0.6) is 0 Å². The molecular weight excluding hydrogens is 220 g/mol. The molecular formula is C10H11F2NO3. The first-order valence-electron chi connectivity index (χ1n) is 4.66. The Morgan fingerprint density at radius 2 is 2.19 bits per heavy atom. The van der Waals surface area contributed by atoms with Crippen molar-refractivity contribution in [3.8, 4) is 0 Å². The van der Waals surface area contributed by atoms with Crippen LogP contribution in [0.1, 0.15) is 35.0 Å². The van der Waals surface area contributed by atoms with Crippen LogP contribution in [0.2, 0.25) is 0 Å². The van der Waals surface area contributed by atoms with Crippen LogP contribution in [0.15, 0.2) is 10.9 Å². The fourth-order valence-electron chi connectivity index (χ4n) is 1.19. The van der Waals surface area contributed by atoms with Gasteiger partial charge in [0.25, 0.3) is 12.0 Å². The fraction of sp³-hybridized carbons (Fsp3) is 0.400. The highest BCUT2D eigenvalue weighted by atomic mass is 19.3. The van der Waals surface area contributed by atoms with Gasteiger partial charge >= 0.3 is 5.97 Å². The van der Waals surface area contributed by atoms with Crippen LogP contribution in [-0.2, 0) is 4.74 Å². The van der Waals surface area contributed by atoms with Crippen LogP contribution >= 0.6 is 0 Å². The number of carbonyl (C=O) groups is 1. The van der Waals surface area contributed by atoms with Crippen LogP contribution < -0.4 is 5.56 Å². The topological polar surface area (TPSA) is 59.2 Å². The van der Waals surface area contributed by atoms with Gasteiger partial charge in [0.05, 0.1) is 6.61 Å². The molecule has 0 saturated heterocycles. The summed E-state index contributed by atoms with van der Waals surface area (Å²) in [7, 11) is 0. The van der Waals surface area contributed by atoms with Crippen molar-refractivity contribution in [2.24, 2.45) is 0 Å². The second-order valence-electron chi connectivity index (χ2n) is 3.11. The first kappa shape index (κ1) is 12.4. The summed E-state index contributed by atoms with van der Waals surface area (Å²) in [6, 6.07) is 0.944. The highest BCUT2D eigenvalue weighted by Crippen LogP contribution is 2.20. The van der Waals surface area contributed by atoms with Gasteiger partial charge in [-0.2, -0.15) is 0 Å². The Kier molecular flexibility index (Phi) is 3.76. The lowest BCUT2D eigenvalue weighted by molar-refractivity contribution is 0.0518. The van der Waals surface area contributed by atoms with Gasteiger partial charge in [-0.3, -0.25) is 4.79 Å². The Morgan fingerprint density at radius 3 is 2.69 bits per heavy atom. The molecule has 0 bridgehead atoms. The van der Waals surface area contributed by atoms with Gasteiger partial charge < -0.3 is 9.72 Å². The maximum Gasteiger partial charge on any atom is 0.354 e. The molecule has 0 atom stereocenters. The molecule has 0 aliphatic heterocycles. The molecule has 4 nitrogen and oxygen atoms in total. The Balaban J connectivity index is 3.24. The van der Waals surface area contributed by atoms with Crippen molar-refractivity contribution in [2.75, 3.05) is 6.61 Å². The average Bonchev–Trinajstić information content (AvgIpc) is 2.21. The van der Waals surface area contributed by atoms with Crippen molar-refractivity contribution in [1.29, 1.82) is 0 Å². The molecule has 88 valence electrons. The molecule has 0 spiro atoms. The number of H-pyrrole nitrogens is 1. The molecule has 1 aromatic heterocycles. The number of hydrogen-bond donors (Lipinski definition) is 1. The number of carbonyl (C=O) groups excluding carboxylic acids is 1. The first-order valence-corrected chi connectivity index (χ1v) is 4.66. The Labute approximate surface area is 90.2 Å². The van der Waals surface area contributed by atoms with E-state index in [1.54, 1.807) is 6.92 Å². The largest absolute Gasteiger partial charge is 0.461 e. The quantitative estimate of drug-likeness (QED) is 0.807. The summed E-state index contributed by atoms with van der Waals surface area (Å²) in [6.07, 6.45) is -2.80. The summed E-state index contributed by atoms with van der Waals surface area (Å²) in [5, 5.41) is 0. The van der Waals surface area contributed by atoms with Gasteiger partial charge in [0.1, 0.15) is 5.69 Å². The van der Waals surface area contributed by atoms with E-state index in [0.29, 0.717) is 0 Å². The molecule has 0 unspecified atom stereocenters. The maximum atomic E-state index is 12.5. The number of alkyl halides is 2. The summed E-state index contributed by atoms with van der Waals surface area (Å²) in [5.74, 6) is -0.818. The lowest BCUT2D eigenvalue weighted by Gasteiger charge is -2.06. The minimum atomic E-state index is -2.80. The van der Waals surface area contributed by atoms with Crippen LogP contribution in [0.25, 0.3) is 0 Å². The number of aromatic amines is 1. The zero-order valence-corrected chi connectivity index (χ0v) is 8.84. The van der Waals surface area contributed by atoms with Crippen LogP contribution in [0.3, 0.4) is 0 Å². The third-order valence-electron chi connectivity index (χ3n) is 2.05. The normalized spacial score (nSPS) is 10.6. The fourth-order valence-corrected chi connectivity index (χ4v) is 1.19. The van der Waals surface area contributed by atoms with Crippen LogP contribution in [-0.4, -0.2) is 17.6 Å². The highest BCUT2D eigenvalue weighted by Gasteiger charge is 2.17. The Bertz CT molecular complexity index is 454. The molecule has 1 rings (SSSR count). The molecule has 0 amide bonds. The van der Waals surface area contributed by atoms with Crippen LogP contribution in [0.4, 0.5) is 8.78 Å². The van der Waals surface area contributed by atoms with Crippen molar-refractivity contribution < 1.29 is 18.3 Å². The van der Waals surface area contributed by atoms with Crippen molar-refractivity contribution in [2.45, 2.75) is 20.3 Å². The van der Waals surface area contributed by atoms with E-state index in [1.807, 2.05) is 0 Å². The summed E-state index contributed by atoms with van der Waals surface area (Å²) >= 11 is 0. The number of aromatic nitrogens is 1. The van der Waals surface area contributed by atoms with Gasteiger partial charge in [-0.15, -0.1) is 0 Å². The highest BCUT2D eigenvalue weighted by molar-refractivity contribution is 5.87. The van der Waals surface area contributed by atoms with Crippen molar-refractivity contribution in [1.82, 2.24) is 4.98 Å². The number of halogens is 2. The predicted molar refractivity (Wildman–Crippen MR) is 52.7 cm³/mol. The molecule has 6 heteroatoms. The summed E-state index contributed by atoms with van der Waals surface area (Å²) < 4.78 is 29.7. The lowest BCUT2D eigenvalue weighted by Crippen LogP contribution is -2.19. The van der Waals surface area contributed by atoms with Crippen LogP contribution in [0, 0.1) is 6.92 Å². The van der Waals surface area contributed by atoms with E-state index in [2.05, 4.69) is 9.72 Å². The van der Waals surface area contributed by atoms with Crippen molar-refractivity contribution >= 4 is 5.97 Å². The van der Waals surface area contributed by atoms with Gasteiger partial charge in [0, 0.05) is 11.1 Å². The van der Waals surface area contributed by atoms with E-state index in [9.17, 15) is 18.4 Å². The summed E-state index contributed by atoms with van der Waals surface area (Å²) in [4.78, 5) is 24.7. The number of hydrogen-bond acceptors (Lipinski definition) is 3. The minimum absolute atomic E-state index is 0.0944. The standard InChI is InChI=1S/C10H11F2NO3/c1-3-16-10(15)7-4-6(8(11)12)5(2)9(14)13-7/h4,8H,3H2,1-2H3,(H,13,14). The Hall–Kier alpha value is -1.72. The van der Waals surface area contributed by atoms with E-state index >= 15 is 0 Å². The summed E-state index contributed by atoms with van der Waals surface area (Å²) in [5.41, 5.74) is -1.51. The van der Waals surface area contributed by atoms with E-state index in [-0.39, 0.29) is 17.9 Å². The average molecular weight is 231 g/mol. The molecule has 0 fully saturated rings. The maximum absolute atomic E-state index is 12.5. The van der Waals surface area contributed by atoms with E-state index in [4.69, 9.17) is 0 Å². The number of rotatable bonds is 3. The van der Waals surface area contributed by atoms with Crippen molar-refractivity contribution in [3.63, 3.8) is 0 Å². The van der Waals surface area contributed by atoms with Gasteiger partial charge in [0.15, 0.2) is 0 Å². The predicted octanol–water partition coefficient (Wildman–Crippen LogP) is 1.80. The molecule has 0 saturated carbocycles. The molecule has 16 heavy (non-hydrogen) atoms. The first-order chi connectivity index (χ1) is 7.47. The third-order valence-corrected chi connectivity index (χ3v) is 2.05. The minimum Gasteiger partial charge on any atom is -0.461 e. The lowest BCUT2D eigenvalue weighted by atomic mass is 10.1. The van der Waals surface area contributed by atoms with Gasteiger partial charge in [-0.25, -0.2) is 13.6 Å². The van der Waals surface area contributed by atoms with Crippen molar-refractivity contribution in [3.05, 3.63) is 33.2 Å². The SMILES string of the molecule is CCOC(=O)c1cc(C(F)F)c(C)c(=O)[nH]1. The molecule has 0 aliphatic rings. The molecule has 1 N–H and O–H groups in total. The number of esters is 1. The molecule has 1 heterocycles. The summed E-state index contributed by atoms with van der Waals surface area (Å²) in [6.45, 7) is 2.96. The number of ether oxygens (including phenoxy) is 1. The Morgan fingerprint density at radius 1 is 1.56 bits per heavy atom. The van der Waals surface area contributed by atoms with Gasteiger partial charge in [0.2, 0.25) is 0 Å². The number of nitrogens with one attached hydrogen (secondary N) is 1. The third kappa shape index (κ3) is 2.44. The number of pyridine rings is 1. The van der Waals surface area contributed by atoms with E-state index in [1.165, 1.54) is 6.92 Å². The molecule has 1 aromatic rings. The second kappa shape index (κ2) is 4.87. The smallest absolute Gasteiger partial charge is 0.354 e. The molecule has 0 aliphatic carbocycles. The van der Waals surface area contributed by atoms with Gasteiger partial charge in [-0.05, 0) is 19.9 Å². The van der Waals surface area contributed by atoms with Gasteiger partial charge in [-0.1, -0.05) is 0 Å². The zero-order valence-electron chi connectivity index (χ0n) is 8.84. The molecule has 0 radical (unpaired) electrons. The molecule has 0 aromatic carbocycles. The second-order valence-corrected chi connectivity index (χ2v) is 3.11. The van der Waals surface area contributed by atoms with E-state index in [0.717, 1.165) is 6.07 Å².